The molecule has 1 fully saturated rings. The normalized spacial score (nSPS) is 15.7. The molecule has 1 aliphatic rings. The van der Waals surface area contributed by atoms with Crippen molar-refractivity contribution in [2.45, 2.75) is 6.54 Å². The fraction of sp³-hybridized carbons (Fsp3) is 0.294. The summed E-state index contributed by atoms with van der Waals surface area (Å²) in [7, 11) is 0. The molecule has 6 heteroatoms. The van der Waals surface area contributed by atoms with Gasteiger partial charge in [0.25, 0.3) is 5.91 Å². The van der Waals surface area contributed by atoms with Crippen LogP contribution in [-0.2, 0) is 6.54 Å². The Bertz CT molecular complexity index is 685. The van der Waals surface area contributed by atoms with E-state index in [-0.39, 0.29) is 5.56 Å². The molecule has 2 heterocycles. The molecule has 1 aromatic carbocycles. The zero-order valence-corrected chi connectivity index (χ0v) is 12.6. The van der Waals surface area contributed by atoms with E-state index in [4.69, 9.17) is 0 Å². The van der Waals surface area contributed by atoms with Crippen LogP contribution in [0.3, 0.4) is 0 Å². The molecule has 0 atom stereocenters. The van der Waals surface area contributed by atoms with Crippen LogP contribution in [0, 0.1) is 11.6 Å². The molecule has 1 aromatic heterocycles. The molecule has 3 rings (SSSR count). The summed E-state index contributed by atoms with van der Waals surface area (Å²) in [5.41, 5.74) is 0.911. The molecule has 120 valence electrons. The number of pyridine rings is 1. The van der Waals surface area contributed by atoms with E-state index in [1.807, 2.05) is 18.3 Å². The Labute approximate surface area is 133 Å². The highest BCUT2D eigenvalue weighted by atomic mass is 19.1. The minimum atomic E-state index is -0.686. The molecule has 0 unspecified atom stereocenters. The summed E-state index contributed by atoms with van der Waals surface area (Å²) in [5.74, 6) is -1.75. The number of carbonyl (C=O) groups excluding carboxylic acids is 1. The van der Waals surface area contributed by atoms with Crippen LogP contribution in [0.2, 0.25) is 0 Å². The lowest BCUT2D eigenvalue weighted by molar-refractivity contribution is 0.0623. The Morgan fingerprint density at radius 3 is 2.61 bits per heavy atom. The highest BCUT2D eigenvalue weighted by molar-refractivity contribution is 5.94. The summed E-state index contributed by atoms with van der Waals surface area (Å²) >= 11 is 0. The van der Waals surface area contributed by atoms with E-state index < -0.39 is 17.5 Å². The first-order valence-corrected chi connectivity index (χ1v) is 7.49. The van der Waals surface area contributed by atoms with Gasteiger partial charge in [0.2, 0.25) is 0 Å². The Balaban J connectivity index is 1.60. The lowest BCUT2D eigenvalue weighted by Crippen LogP contribution is -2.48. The first kappa shape index (κ1) is 15.6. The molecule has 0 radical (unpaired) electrons. The standard InChI is InChI=1S/C17H17F2N3O/c18-14-3-4-16(19)15(10-14)17(23)22-8-6-21(7-9-22)12-13-2-1-5-20-11-13/h1-5,10-11H,6-9,12H2. The van der Waals surface area contributed by atoms with Crippen molar-refractivity contribution < 1.29 is 13.6 Å². The first-order valence-electron chi connectivity index (χ1n) is 7.49. The molecule has 23 heavy (non-hydrogen) atoms. The van der Waals surface area contributed by atoms with Crippen molar-refractivity contribution in [2.75, 3.05) is 26.2 Å². The Morgan fingerprint density at radius 2 is 1.91 bits per heavy atom. The monoisotopic (exact) mass is 317 g/mol. The smallest absolute Gasteiger partial charge is 0.257 e. The van der Waals surface area contributed by atoms with Crippen LogP contribution in [0.15, 0.2) is 42.7 Å². The third-order valence-corrected chi connectivity index (χ3v) is 3.95. The van der Waals surface area contributed by atoms with E-state index in [1.165, 1.54) is 0 Å². The van der Waals surface area contributed by atoms with Gasteiger partial charge in [-0.1, -0.05) is 6.07 Å². The molecular formula is C17H17F2N3O. The molecule has 1 aliphatic heterocycles. The molecule has 2 aromatic rings. The van der Waals surface area contributed by atoms with Crippen LogP contribution in [0.25, 0.3) is 0 Å². The van der Waals surface area contributed by atoms with Crippen LogP contribution in [0.5, 0.6) is 0 Å². The highest BCUT2D eigenvalue weighted by Crippen LogP contribution is 2.15. The maximum Gasteiger partial charge on any atom is 0.257 e. The van der Waals surface area contributed by atoms with Crippen molar-refractivity contribution in [1.29, 1.82) is 0 Å². The maximum absolute atomic E-state index is 13.7. The minimum Gasteiger partial charge on any atom is -0.336 e. The van der Waals surface area contributed by atoms with Gasteiger partial charge in [-0.15, -0.1) is 0 Å². The second-order valence-electron chi connectivity index (χ2n) is 5.55. The maximum atomic E-state index is 13.7. The summed E-state index contributed by atoms with van der Waals surface area (Å²) in [6.07, 6.45) is 3.55. The van der Waals surface area contributed by atoms with Gasteiger partial charge in [-0.25, -0.2) is 8.78 Å². The number of nitrogens with zero attached hydrogens (tertiary/aromatic N) is 3. The second-order valence-corrected chi connectivity index (χ2v) is 5.55. The number of hydrogen-bond donors (Lipinski definition) is 0. The van der Waals surface area contributed by atoms with Gasteiger partial charge >= 0.3 is 0 Å². The summed E-state index contributed by atoms with van der Waals surface area (Å²) in [6, 6.07) is 6.85. The molecule has 1 amide bonds. The fourth-order valence-electron chi connectivity index (χ4n) is 2.69. The predicted molar refractivity (Wildman–Crippen MR) is 81.8 cm³/mol. The van der Waals surface area contributed by atoms with Gasteiger partial charge in [0, 0.05) is 45.1 Å². The van der Waals surface area contributed by atoms with Gasteiger partial charge in [0.05, 0.1) is 5.56 Å². The van der Waals surface area contributed by atoms with Gasteiger partial charge in [-0.05, 0) is 29.8 Å². The third kappa shape index (κ3) is 3.71. The zero-order chi connectivity index (χ0) is 16.2. The van der Waals surface area contributed by atoms with Crippen molar-refractivity contribution >= 4 is 5.91 Å². The van der Waals surface area contributed by atoms with E-state index >= 15 is 0 Å². The van der Waals surface area contributed by atoms with E-state index in [0.717, 1.165) is 30.3 Å². The average molecular weight is 317 g/mol. The topological polar surface area (TPSA) is 36.4 Å². The molecule has 0 spiro atoms. The molecule has 4 nitrogen and oxygen atoms in total. The van der Waals surface area contributed by atoms with Gasteiger partial charge < -0.3 is 4.90 Å². The minimum absolute atomic E-state index is 0.203. The van der Waals surface area contributed by atoms with Gasteiger partial charge in [-0.2, -0.15) is 0 Å². The van der Waals surface area contributed by atoms with Crippen LogP contribution in [0.1, 0.15) is 15.9 Å². The summed E-state index contributed by atoms with van der Waals surface area (Å²) in [6.45, 7) is 3.14. The first-order chi connectivity index (χ1) is 11.1. The van der Waals surface area contributed by atoms with Crippen molar-refractivity contribution in [2.24, 2.45) is 0 Å². The van der Waals surface area contributed by atoms with Crippen molar-refractivity contribution in [3.05, 3.63) is 65.5 Å². The molecule has 0 bridgehead atoms. The quantitative estimate of drug-likeness (QED) is 0.872. The lowest BCUT2D eigenvalue weighted by Gasteiger charge is -2.34. The molecule has 0 N–H and O–H groups in total. The molecule has 0 aliphatic carbocycles. The largest absolute Gasteiger partial charge is 0.336 e. The van der Waals surface area contributed by atoms with Crippen LogP contribution >= 0.6 is 0 Å². The summed E-state index contributed by atoms with van der Waals surface area (Å²) in [5, 5.41) is 0. The number of amides is 1. The number of piperazine rings is 1. The van der Waals surface area contributed by atoms with Gasteiger partial charge in [-0.3, -0.25) is 14.7 Å². The second kappa shape index (κ2) is 6.83. The Kier molecular flexibility index (Phi) is 4.62. The molecule has 0 saturated carbocycles. The Morgan fingerprint density at radius 1 is 1.13 bits per heavy atom. The third-order valence-electron chi connectivity index (χ3n) is 3.95. The van der Waals surface area contributed by atoms with Crippen LogP contribution < -0.4 is 0 Å². The lowest BCUT2D eigenvalue weighted by atomic mass is 10.1. The SMILES string of the molecule is O=C(c1cc(F)ccc1F)N1CCN(Cc2cccnc2)CC1. The average Bonchev–Trinajstić information content (AvgIpc) is 2.58. The predicted octanol–water partition coefficient (Wildman–Crippen LogP) is 2.32. The number of aromatic nitrogens is 1. The van der Waals surface area contributed by atoms with E-state index in [0.29, 0.717) is 26.2 Å². The van der Waals surface area contributed by atoms with E-state index in [2.05, 4.69) is 9.88 Å². The fourth-order valence-corrected chi connectivity index (χ4v) is 2.69. The number of rotatable bonds is 3. The molecule has 1 saturated heterocycles. The van der Waals surface area contributed by atoms with E-state index in [9.17, 15) is 13.6 Å². The van der Waals surface area contributed by atoms with Crippen LogP contribution in [0.4, 0.5) is 8.78 Å². The highest BCUT2D eigenvalue weighted by Gasteiger charge is 2.24. The number of halogens is 2. The molecular weight excluding hydrogens is 300 g/mol. The number of benzene rings is 1. The zero-order valence-electron chi connectivity index (χ0n) is 12.6. The number of carbonyl (C=O) groups is 1. The van der Waals surface area contributed by atoms with Gasteiger partial charge in [0.1, 0.15) is 11.6 Å². The summed E-state index contributed by atoms with van der Waals surface area (Å²) < 4.78 is 26.9. The summed E-state index contributed by atoms with van der Waals surface area (Å²) in [4.78, 5) is 20.2. The van der Waals surface area contributed by atoms with Gasteiger partial charge in [0.15, 0.2) is 0 Å². The van der Waals surface area contributed by atoms with Crippen molar-refractivity contribution in [3.8, 4) is 0 Å². The van der Waals surface area contributed by atoms with E-state index in [1.54, 1.807) is 11.1 Å². The van der Waals surface area contributed by atoms with Crippen LogP contribution in [-0.4, -0.2) is 46.9 Å². The Hall–Kier alpha value is -2.34. The number of hydrogen-bond acceptors (Lipinski definition) is 3. The van der Waals surface area contributed by atoms with Crippen molar-refractivity contribution in [1.82, 2.24) is 14.8 Å². The van der Waals surface area contributed by atoms with Crippen molar-refractivity contribution in [3.63, 3.8) is 0 Å².